The van der Waals surface area contributed by atoms with Gasteiger partial charge in [0.25, 0.3) is 0 Å². The molecule has 0 amide bonds. The lowest BCUT2D eigenvalue weighted by Crippen LogP contribution is -1.86. The van der Waals surface area contributed by atoms with E-state index in [1.54, 1.807) is 6.33 Å². The van der Waals surface area contributed by atoms with Crippen LogP contribution < -0.4 is 0 Å². The van der Waals surface area contributed by atoms with Crippen molar-refractivity contribution < 1.29 is 0 Å². The van der Waals surface area contributed by atoms with Crippen LogP contribution in [-0.4, -0.2) is 9.97 Å². The van der Waals surface area contributed by atoms with Gasteiger partial charge < -0.3 is 0 Å². The highest BCUT2D eigenvalue weighted by atomic mass is 79.9. The van der Waals surface area contributed by atoms with Crippen molar-refractivity contribution in [3.05, 3.63) is 22.7 Å². The zero-order valence-electron chi connectivity index (χ0n) is 5.42. The van der Waals surface area contributed by atoms with Gasteiger partial charge in [0.1, 0.15) is 10.9 Å². The Labute approximate surface area is 67.8 Å². The van der Waals surface area contributed by atoms with Crippen molar-refractivity contribution in [3.8, 4) is 0 Å². The minimum Gasteiger partial charge on any atom is -0.241 e. The third-order valence-electron chi connectivity index (χ3n) is 1.65. The van der Waals surface area contributed by atoms with E-state index in [0.717, 1.165) is 10.5 Å². The van der Waals surface area contributed by atoms with Crippen LogP contribution in [0.2, 0.25) is 0 Å². The molecule has 0 spiro atoms. The first kappa shape index (κ1) is 6.28. The molecule has 10 heavy (non-hydrogen) atoms. The Morgan fingerprint density at radius 2 is 2.20 bits per heavy atom. The summed E-state index contributed by atoms with van der Waals surface area (Å²) in [5.74, 6) is 0.722. The molecule has 3 heteroatoms. The van der Waals surface area contributed by atoms with Gasteiger partial charge in [0.2, 0.25) is 0 Å². The maximum absolute atomic E-state index is 4.16. The third-order valence-corrected chi connectivity index (χ3v) is 2.08. The fourth-order valence-electron chi connectivity index (χ4n) is 0.950. The molecule has 0 radical (unpaired) electrons. The summed E-state index contributed by atoms with van der Waals surface area (Å²) >= 11 is 3.31. The molecule has 2 nitrogen and oxygen atoms in total. The fraction of sp³-hybridized carbons (Fsp3) is 0.429. The van der Waals surface area contributed by atoms with E-state index in [-0.39, 0.29) is 0 Å². The highest BCUT2D eigenvalue weighted by Crippen LogP contribution is 2.39. The average molecular weight is 199 g/mol. The van der Waals surface area contributed by atoms with Crippen LogP contribution in [0.3, 0.4) is 0 Å². The predicted octanol–water partition coefficient (Wildman–Crippen LogP) is 2.12. The van der Waals surface area contributed by atoms with Crippen LogP contribution in [0.1, 0.15) is 24.5 Å². The van der Waals surface area contributed by atoms with Crippen LogP contribution in [0, 0.1) is 0 Å². The van der Waals surface area contributed by atoms with E-state index < -0.39 is 0 Å². The van der Waals surface area contributed by atoms with Crippen LogP contribution in [0.25, 0.3) is 0 Å². The molecule has 1 aliphatic rings. The second-order valence-corrected chi connectivity index (χ2v) is 3.35. The van der Waals surface area contributed by atoms with Gasteiger partial charge in [-0.05, 0) is 34.8 Å². The summed E-state index contributed by atoms with van der Waals surface area (Å²) < 4.78 is 0.893. The molecule has 1 saturated carbocycles. The summed E-state index contributed by atoms with van der Waals surface area (Å²) in [6.45, 7) is 0. The zero-order valence-corrected chi connectivity index (χ0v) is 7.00. The van der Waals surface area contributed by atoms with Gasteiger partial charge in [-0.2, -0.15) is 0 Å². The van der Waals surface area contributed by atoms with Crippen molar-refractivity contribution in [2.75, 3.05) is 0 Å². The Balaban J connectivity index is 2.32. The van der Waals surface area contributed by atoms with E-state index >= 15 is 0 Å². The highest BCUT2D eigenvalue weighted by molar-refractivity contribution is 9.10. The topological polar surface area (TPSA) is 25.8 Å². The standard InChI is InChI=1S/C7H7BrN2/c8-7-3-6(5-1-2-5)9-4-10-7/h3-5H,1-2H2. The minimum absolute atomic E-state index is 0.722. The van der Waals surface area contributed by atoms with Crippen molar-refractivity contribution >= 4 is 15.9 Å². The minimum atomic E-state index is 0.722. The average Bonchev–Trinajstić information content (AvgIpc) is 2.68. The van der Waals surface area contributed by atoms with Crippen molar-refractivity contribution in [2.45, 2.75) is 18.8 Å². The molecule has 1 fully saturated rings. The largest absolute Gasteiger partial charge is 0.241 e. The Bertz CT molecular complexity index is 245. The molecule has 0 aliphatic heterocycles. The van der Waals surface area contributed by atoms with E-state index in [2.05, 4.69) is 25.9 Å². The van der Waals surface area contributed by atoms with Crippen LogP contribution in [0.15, 0.2) is 17.0 Å². The SMILES string of the molecule is Brc1cc(C2CC2)ncn1. The summed E-state index contributed by atoms with van der Waals surface area (Å²) in [7, 11) is 0. The van der Waals surface area contributed by atoms with E-state index in [0.29, 0.717) is 0 Å². The lowest BCUT2D eigenvalue weighted by molar-refractivity contribution is 0.976. The first-order valence-corrected chi connectivity index (χ1v) is 4.13. The molecule has 0 bridgehead atoms. The first-order chi connectivity index (χ1) is 4.86. The number of aromatic nitrogens is 2. The fourth-order valence-corrected chi connectivity index (χ4v) is 1.28. The summed E-state index contributed by atoms with van der Waals surface area (Å²) in [5.41, 5.74) is 1.18. The molecular formula is C7H7BrN2. The van der Waals surface area contributed by atoms with Crippen molar-refractivity contribution in [2.24, 2.45) is 0 Å². The number of hydrogen-bond donors (Lipinski definition) is 0. The molecule has 0 aromatic carbocycles. The molecule has 52 valence electrons. The number of hydrogen-bond acceptors (Lipinski definition) is 2. The molecule has 0 atom stereocenters. The van der Waals surface area contributed by atoms with Crippen LogP contribution in [0.5, 0.6) is 0 Å². The van der Waals surface area contributed by atoms with E-state index in [9.17, 15) is 0 Å². The quantitative estimate of drug-likeness (QED) is 0.647. The number of rotatable bonds is 1. The van der Waals surface area contributed by atoms with Gasteiger partial charge in [-0.25, -0.2) is 9.97 Å². The van der Waals surface area contributed by atoms with E-state index in [1.165, 1.54) is 18.5 Å². The summed E-state index contributed by atoms with van der Waals surface area (Å²) in [4.78, 5) is 8.12. The molecule has 2 rings (SSSR count). The maximum atomic E-state index is 4.16. The summed E-state index contributed by atoms with van der Waals surface area (Å²) in [6, 6.07) is 2.00. The molecule has 0 unspecified atom stereocenters. The van der Waals surface area contributed by atoms with Crippen molar-refractivity contribution in [1.29, 1.82) is 0 Å². The summed E-state index contributed by atoms with van der Waals surface area (Å²) in [6.07, 6.45) is 4.20. The van der Waals surface area contributed by atoms with Crippen LogP contribution >= 0.6 is 15.9 Å². The third kappa shape index (κ3) is 1.19. The molecule has 0 N–H and O–H groups in total. The lowest BCUT2D eigenvalue weighted by atomic mass is 10.3. The normalized spacial score (nSPS) is 17.3. The Morgan fingerprint density at radius 3 is 2.80 bits per heavy atom. The second kappa shape index (κ2) is 2.31. The van der Waals surface area contributed by atoms with Gasteiger partial charge in [-0.1, -0.05) is 0 Å². The van der Waals surface area contributed by atoms with Gasteiger partial charge >= 0.3 is 0 Å². The van der Waals surface area contributed by atoms with Crippen molar-refractivity contribution in [1.82, 2.24) is 9.97 Å². The van der Waals surface area contributed by atoms with Gasteiger partial charge in [0.05, 0.1) is 0 Å². The van der Waals surface area contributed by atoms with Gasteiger partial charge in [0.15, 0.2) is 0 Å². The van der Waals surface area contributed by atoms with Crippen LogP contribution in [-0.2, 0) is 0 Å². The second-order valence-electron chi connectivity index (χ2n) is 2.54. The molecule has 0 saturated heterocycles. The Hall–Kier alpha value is -0.440. The van der Waals surface area contributed by atoms with E-state index in [4.69, 9.17) is 0 Å². The first-order valence-electron chi connectivity index (χ1n) is 3.34. The van der Waals surface area contributed by atoms with Crippen molar-refractivity contribution in [3.63, 3.8) is 0 Å². The number of halogens is 1. The smallest absolute Gasteiger partial charge is 0.116 e. The lowest BCUT2D eigenvalue weighted by Gasteiger charge is -1.94. The van der Waals surface area contributed by atoms with Crippen LogP contribution in [0.4, 0.5) is 0 Å². The monoisotopic (exact) mass is 198 g/mol. The van der Waals surface area contributed by atoms with Gasteiger partial charge in [0, 0.05) is 11.6 Å². The predicted molar refractivity (Wildman–Crippen MR) is 41.7 cm³/mol. The van der Waals surface area contributed by atoms with Gasteiger partial charge in [-0.3, -0.25) is 0 Å². The van der Waals surface area contributed by atoms with E-state index in [1.807, 2.05) is 6.07 Å². The zero-order chi connectivity index (χ0) is 6.97. The maximum Gasteiger partial charge on any atom is 0.116 e. The Morgan fingerprint density at radius 1 is 1.40 bits per heavy atom. The summed E-state index contributed by atoms with van der Waals surface area (Å²) in [5, 5.41) is 0. The van der Waals surface area contributed by atoms with Gasteiger partial charge in [-0.15, -0.1) is 0 Å². The Kier molecular flexibility index (Phi) is 1.45. The molecule has 1 heterocycles. The molecule has 1 aliphatic carbocycles. The molecule has 1 aromatic heterocycles. The molecule has 1 aromatic rings. The highest BCUT2D eigenvalue weighted by Gasteiger charge is 2.24. The molecular weight excluding hydrogens is 192 g/mol. The number of nitrogens with zero attached hydrogens (tertiary/aromatic N) is 2.